The fourth-order valence-corrected chi connectivity index (χ4v) is 2.37. The lowest BCUT2D eigenvalue weighted by Gasteiger charge is -2.19. The van der Waals surface area contributed by atoms with E-state index < -0.39 is 30.6 Å². The van der Waals surface area contributed by atoms with Crippen molar-refractivity contribution in [2.24, 2.45) is 0 Å². The smallest absolute Gasteiger partial charge is 0.456 e. The molecule has 0 aliphatic heterocycles. The minimum atomic E-state index is -5.81. The predicted molar refractivity (Wildman–Crippen MR) is 96.0 cm³/mol. The van der Waals surface area contributed by atoms with Gasteiger partial charge in [0.1, 0.15) is 0 Å². The molecule has 1 rings (SSSR count). The summed E-state index contributed by atoms with van der Waals surface area (Å²) in [4.78, 5) is 23.5. The van der Waals surface area contributed by atoms with E-state index in [1.54, 1.807) is 0 Å². The fraction of sp³-hybridized carbons (Fsp3) is 0.600. The Morgan fingerprint density at radius 3 is 1.69 bits per heavy atom. The third-order valence-corrected chi connectivity index (χ3v) is 4.14. The van der Waals surface area contributed by atoms with Crippen LogP contribution in [-0.4, -0.2) is 37.3 Å². The standard InChI is InChI=1S/C20H25F5O4/c1-2-3-4-5-6-7-8-13-28-17(26)15-9-11-16(12-10-15)18(27)29-14-19(21,22)20(23,24)25/h9-12H,2-8,13-14H2,1H3. The monoisotopic (exact) mass is 424 g/mol. The Morgan fingerprint density at radius 1 is 0.759 bits per heavy atom. The summed E-state index contributed by atoms with van der Waals surface area (Å²) in [7, 11) is 0. The Hall–Kier alpha value is -2.19. The molecule has 0 fully saturated rings. The molecule has 0 radical (unpaired) electrons. The first-order valence-electron chi connectivity index (χ1n) is 9.47. The van der Waals surface area contributed by atoms with Gasteiger partial charge < -0.3 is 9.47 Å². The van der Waals surface area contributed by atoms with Crippen LogP contribution in [0.15, 0.2) is 24.3 Å². The zero-order valence-electron chi connectivity index (χ0n) is 16.2. The highest BCUT2D eigenvalue weighted by molar-refractivity contribution is 5.93. The molecule has 164 valence electrons. The zero-order chi connectivity index (χ0) is 21.9. The summed E-state index contributed by atoms with van der Waals surface area (Å²) in [6.45, 7) is 0.280. The zero-order valence-corrected chi connectivity index (χ0v) is 16.2. The molecule has 0 atom stereocenters. The van der Waals surface area contributed by atoms with Gasteiger partial charge in [0.25, 0.3) is 0 Å². The summed E-state index contributed by atoms with van der Waals surface area (Å²) in [6, 6.07) is 4.62. The lowest BCUT2D eigenvalue weighted by Crippen LogP contribution is -2.41. The van der Waals surface area contributed by atoms with E-state index in [9.17, 15) is 31.5 Å². The molecular formula is C20H25F5O4. The van der Waals surface area contributed by atoms with Gasteiger partial charge >= 0.3 is 24.0 Å². The quantitative estimate of drug-likeness (QED) is 0.236. The maximum Gasteiger partial charge on any atom is 0.456 e. The second-order valence-electron chi connectivity index (χ2n) is 6.61. The number of hydrogen-bond acceptors (Lipinski definition) is 4. The SMILES string of the molecule is CCCCCCCCCOC(=O)c1ccc(C(=O)OCC(F)(F)C(F)(F)F)cc1. The predicted octanol–water partition coefficient (Wildman–Crippen LogP) is 5.95. The van der Waals surface area contributed by atoms with Gasteiger partial charge in [-0.3, -0.25) is 0 Å². The largest absolute Gasteiger partial charge is 0.462 e. The molecule has 0 amide bonds. The molecule has 1 aromatic rings. The molecular weight excluding hydrogens is 399 g/mol. The second kappa shape index (κ2) is 11.7. The van der Waals surface area contributed by atoms with E-state index in [2.05, 4.69) is 11.7 Å². The molecule has 0 bridgehead atoms. The van der Waals surface area contributed by atoms with Gasteiger partial charge in [0.05, 0.1) is 17.7 Å². The van der Waals surface area contributed by atoms with Crippen LogP contribution in [-0.2, 0) is 9.47 Å². The van der Waals surface area contributed by atoms with Crippen molar-refractivity contribution in [3.05, 3.63) is 35.4 Å². The number of esters is 2. The van der Waals surface area contributed by atoms with Gasteiger partial charge in [-0.1, -0.05) is 45.4 Å². The molecule has 0 aliphatic rings. The Balaban J connectivity index is 2.38. The Kier molecular flexibility index (Phi) is 10.0. The molecule has 0 saturated heterocycles. The number of unbranched alkanes of at least 4 members (excludes halogenated alkanes) is 6. The molecule has 29 heavy (non-hydrogen) atoms. The van der Waals surface area contributed by atoms with Crippen molar-refractivity contribution >= 4 is 11.9 Å². The molecule has 0 aromatic heterocycles. The normalized spacial score (nSPS) is 11.9. The van der Waals surface area contributed by atoms with Gasteiger partial charge in [0, 0.05) is 0 Å². The number of benzene rings is 1. The molecule has 0 saturated carbocycles. The lowest BCUT2D eigenvalue weighted by molar-refractivity contribution is -0.292. The van der Waals surface area contributed by atoms with Gasteiger partial charge in [-0.15, -0.1) is 0 Å². The Morgan fingerprint density at radius 2 is 1.21 bits per heavy atom. The lowest BCUT2D eigenvalue weighted by atomic mass is 10.1. The van der Waals surface area contributed by atoms with Crippen molar-refractivity contribution in [1.29, 1.82) is 0 Å². The Labute approximate surface area is 166 Å². The average Bonchev–Trinajstić information content (AvgIpc) is 2.67. The van der Waals surface area contributed by atoms with Crippen LogP contribution in [0.3, 0.4) is 0 Å². The summed E-state index contributed by atoms with van der Waals surface area (Å²) in [5.41, 5.74) is -0.128. The number of hydrogen-bond donors (Lipinski definition) is 0. The molecule has 9 heteroatoms. The molecule has 1 aromatic carbocycles. The second-order valence-corrected chi connectivity index (χ2v) is 6.61. The van der Waals surface area contributed by atoms with E-state index in [0.717, 1.165) is 37.8 Å². The molecule has 0 aliphatic carbocycles. The van der Waals surface area contributed by atoms with Crippen LogP contribution in [0.5, 0.6) is 0 Å². The average molecular weight is 424 g/mol. The van der Waals surface area contributed by atoms with Gasteiger partial charge in [-0.05, 0) is 30.7 Å². The molecule has 0 heterocycles. The first kappa shape index (κ1) is 24.8. The summed E-state index contributed by atoms with van der Waals surface area (Å²) in [5, 5.41) is 0. The van der Waals surface area contributed by atoms with Crippen LogP contribution in [0.25, 0.3) is 0 Å². The van der Waals surface area contributed by atoms with Crippen LogP contribution in [0.4, 0.5) is 22.0 Å². The van der Waals surface area contributed by atoms with Crippen LogP contribution >= 0.6 is 0 Å². The Bertz CT molecular complexity index is 641. The van der Waals surface area contributed by atoms with Crippen molar-refractivity contribution in [1.82, 2.24) is 0 Å². The van der Waals surface area contributed by atoms with Gasteiger partial charge in [0.15, 0.2) is 6.61 Å². The number of halogens is 5. The van der Waals surface area contributed by atoms with Crippen molar-refractivity contribution in [3.8, 4) is 0 Å². The molecule has 4 nitrogen and oxygen atoms in total. The minimum absolute atomic E-state index is 0.130. The minimum Gasteiger partial charge on any atom is -0.462 e. The summed E-state index contributed by atoms with van der Waals surface area (Å²) in [6.07, 6.45) is 1.67. The highest BCUT2D eigenvalue weighted by Gasteiger charge is 2.58. The summed E-state index contributed by atoms with van der Waals surface area (Å²) in [5.74, 6) is -7.10. The maximum atomic E-state index is 12.8. The van der Waals surface area contributed by atoms with Gasteiger partial charge in [0.2, 0.25) is 0 Å². The molecule has 0 unspecified atom stereocenters. The van der Waals surface area contributed by atoms with Crippen LogP contribution in [0.1, 0.15) is 72.6 Å². The van der Waals surface area contributed by atoms with E-state index >= 15 is 0 Å². The summed E-state index contributed by atoms with van der Waals surface area (Å²) < 4.78 is 70.8. The first-order valence-corrected chi connectivity index (χ1v) is 9.47. The number of alkyl halides is 5. The van der Waals surface area contributed by atoms with E-state index in [1.807, 2.05) is 0 Å². The topological polar surface area (TPSA) is 52.6 Å². The van der Waals surface area contributed by atoms with E-state index in [-0.39, 0.29) is 17.7 Å². The van der Waals surface area contributed by atoms with Crippen molar-refractivity contribution in [2.45, 2.75) is 64.0 Å². The van der Waals surface area contributed by atoms with E-state index in [1.165, 1.54) is 31.4 Å². The fourth-order valence-electron chi connectivity index (χ4n) is 2.37. The van der Waals surface area contributed by atoms with Crippen LogP contribution < -0.4 is 0 Å². The third kappa shape index (κ3) is 8.79. The van der Waals surface area contributed by atoms with Crippen molar-refractivity contribution in [3.63, 3.8) is 0 Å². The number of carbonyl (C=O) groups excluding carboxylic acids is 2. The number of carbonyl (C=O) groups is 2. The maximum absolute atomic E-state index is 12.8. The van der Waals surface area contributed by atoms with Crippen molar-refractivity contribution in [2.75, 3.05) is 13.2 Å². The van der Waals surface area contributed by atoms with Gasteiger partial charge in [-0.25, -0.2) is 9.59 Å². The van der Waals surface area contributed by atoms with Crippen LogP contribution in [0.2, 0.25) is 0 Å². The molecule has 0 spiro atoms. The molecule has 0 N–H and O–H groups in total. The number of rotatable bonds is 12. The highest BCUT2D eigenvalue weighted by atomic mass is 19.4. The number of ether oxygens (including phenoxy) is 2. The highest BCUT2D eigenvalue weighted by Crippen LogP contribution is 2.35. The third-order valence-electron chi connectivity index (χ3n) is 4.14. The van der Waals surface area contributed by atoms with Crippen molar-refractivity contribution < 1.29 is 41.0 Å². The summed E-state index contributed by atoms with van der Waals surface area (Å²) >= 11 is 0. The van der Waals surface area contributed by atoms with Gasteiger partial charge in [-0.2, -0.15) is 22.0 Å². The first-order chi connectivity index (χ1) is 13.6. The van der Waals surface area contributed by atoms with E-state index in [4.69, 9.17) is 4.74 Å². The van der Waals surface area contributed by atoms with Crippen LogP contribution in [0, 0.1) is 0 Å². The van der Waals surface area contributed by atoms with E-state index in [0.29, 0.717) is 0 Å².